The average Bonchev–Trinajstić information content (AvgIpc) is 2.86. The van der Waals surface area contributed by atoms with Gasteiger partial charge in [0.05, 0.1) is 17.5 Å². The fourth-order valence-corrected chi connectivity index (χ4v) is 5.61. The van der Waals surface area contributed by atoms with Crippen molar-refractivity contribution in [2.24, 2.45) is 0 Å². The first-order valence-electron chi connectivity index (χ1n) is 11.2. The van der Waals surface area contributed by atoms with Crippen LogP contribution in [0.1, 0.15) is 17.2 Å². The molecule has 3 aromatic rings. The molecule has 0 N–H and O–H groups in total. The smallest absolute Gasteiger partial charge is 0.243 e. The predicted molar refractivity (Wildman–Crippen MR) is 129 cm³/mol. The second kappa shape index (κ2) is 10.9. The van der Waals surface area contributed by atoms with Crippen molar-refractivity contribution >= 4 is 10.0 Å². The van der Waals surface area contributed by atoms with Crippen LogP contribution < -0.4 is 4.74 Å². The molecule has 0 radical (unpaired) electrons. The Kier molecular flexibility index (Phi) is 7.77. The number of sulfonamides is 1. The molecule has 6 nitrogen and oxygen atoms in total. The first-order chi connectivity index (χ1) is 16.1. The van der Waals surface area contributed by atoms with Gasteiger partial charge >= 0.3 is 0 Å². The van der Waals surface area contributed by atoms with Gasteiger partial charge in [-0.25, -0.2) is 8.42 Å². The quantitative estimate of drug-likeness (QED) is 0.449. The second-order valence-corrected chi connectivity index (χ2v) is 9.91. The molecule has 1 aliphatic heterocycles. The van der Waals surface area contributed by atoms with Crippen LogP contribution in [0.2, 0.25) is 0 Å². The lowest BCUT2D eigenvalue weighted by atomic mass is 9.96. The molecule has 0 amide bonds. The molecule has 3 aromatic carbocycles. The maximum absolute atomic E-state index is 13.2. The Labute approximate surface area is 196 Å². The summed E-state index contributed by atoms with van der Waals surface area (Å²) in [5, 5.41) is 0. The van der Waals surface area contributed by atoms with Crippen LogP contribution in [0.3, 0.4) is 0 Å². The van der Waals surface area contributed by atoms with Crippen LogP contribution in [0.4, 0.5) is 0 Å². The van der Waals surface area contributed by atoms with Crippen LogP contribution in [-0.2, 0) is 14.8 Å². The highest BCUT2D eigenvalue weighted by Crippen LogP contribution is 2.30. The molecule has 0 aromatic heterocycles. The number of rotatable bonds is 9. The Morgan fingerprint density at radius 3 is 1.82 bits per heavy atom. The summed E-state index contributed by atoms with van der Waals surface area (Å²) in [6.45, 7) is 3.12. The largest absolute Gasteiger partial charge is 0.491 e. The molecule has 1 aliphatic rings. The summed E-state index contributed by atoms with van der Waals surface area (Å²) in [7, 11) is -1.94. The Morgan fingerprint density at radius 2 is 1.30 bits per heavy atom. The Balaban J connectivity index is 1.46. The van der Waals surface area contributed by atoms with Gasteiger partial charge in [0.2, 0.25) is 10.0 Å². The van der Waals surface area contributed by atoms with Crippen molar-refractivity contribution in [2.75, 3.05) is 46.5 Å². The summed E-state index contributed by atoms with van der Waals surface area (Å²) in [6.07, 6.45) is 0. The molecule has 7 heteroatoms. The number of nitrogens with zero attached hydrogens (tertiary/aromatic N) is 2. The Bertz CT molecular complexity index is 1060. The van der Waals surface area contributed by atoms with E-state index in [9.17, 15) is 8.42 Å². The molecule has 0 spiro atoms. The molecule has 0 unspecified atom stereocenters. The van der Waals surface area contributed by atoms with Gasteiger partial charge < -0.3 is 9.47 Å². The standard InChI is InChI=1S/C26H30N2O4S/c1-31-20-21-32-24-12-14-25(15-13-24)33(29,30)28-18-16-27(17-19-28)26(22-8-4-2-5-9-22)23-10-6-3-7-11-23/h2-15,26H,16-21H2,1H3. The monoisotopic (exact) mass is 466 g/mol. The van der Waals surface area contributed by atoms with Gasteiger partial charge in [-0.2, -0.15) is 4.31 Å². The van der Waals surface area contributed by atoms with Gasteiger partial charge in [-0.15, -0.1) is 0 Å². The number of piperazine rings is 1. The molecule has 1 heterocycles. The first kappa shape index (κ1) is 23.4. The van der Waals surface area contributed by atoms with Crippen molar-refractivity contribution in [3.8, 4) is 5.75 Å². The van der Waals surface area contributed by atoms with E-state index in [1.807, 2.05) is 12.1 Å². The SMILES string of the molecule is COCCOc1ccc(S(=O)(=O)N2CCN(C(c3ccccc3)c3ccccc3)CC2)cc1. The minimum absolute atomic E-state index is 0.0980. The zero-order valence-corrected chi connectivity index (χ0v) is 19.7. The number of benzene rings is 3. The molecule has 33 heavy (non-hydrogen) atoms. The van der Waals surface area contributed by atoms with E-state index >= 15 is 0 Å². The molecule has 0 aliphatic carbocycles. The summed E-state index contributed by atoms with van der Waals surface area (Å²) in [4.78, 5) is 2.65. The summed E-state index contributed by atoms with van der Waals surface area (Å²) in [5.41, 5.74) is 2.42. The molecule has 0 saturated carbocycles. The van der Waals surface area contributed by atoms with Gasteiger partial charge in [0.15, 0.2) is 0 Å². The normalized spacial score (nSPS) is 15.6. The molecule has 1 fully saturated rings. The van der Waals surface area contributed by atoms with E-state index in [1.54, 1.807) is 35.7 Å². The molecule has 1 saturated heterocycles. The van der Waals surface area contributed by atoms with Gasteiger partial charge in [-0.05, 0) is 35.4 Å². The van der Waals surface area contributed by atoms with Crippen molar-refractivity contribution in [2.45, 2.75) is 10.9 Å². The Hall–Kier alpha value is -2.71. The molecule has 174 valence electrons. The molecular weight excluding hydrogens is 436 g/mol. The third kappa shape index (κ3) is 5.62. The summed E-state index contributed by atoms with van der Waals surface area (Å²) < 4.78 is 38.5. The van der Waals surface area contributed by atoms with Crippen LogP contribution in [-0.4, -0.2) is 64.1 Å². The zero-order valence-electron chi connectivity index (χ0n) is 18.8. The van der Waals surface area contributed by atoms with Crippen LogP contribution in [0.25, 0.3) is 0 Å². The lowest BCUT2D eigenvalue weighted by Crippen LogP contribution is -2.49. The van der Waals surface area contributed by atoms with E-state index in [2.05, 4.69) is 53.4 Å². The molecule has 0 bridgehead atoms. The highest BCUT2D eigenvalue weighted by atomic mass is 32.2. The number of methoxy groups -OCH3 is 1. The first-order valence-corrected chi connectivity index (χ1v) is 12.6. The Morgan fingerprint density at radius 1 is 0.758 bits per heavy atom. The van der Waals surface area contributed by atoms with Gasteiger partial charge in [0.1, 0.15) is 12.4 Å². The van der Waals surface area contributed by atoms with Gasteiger partial charge in [-0.1, -0.05) is 60.7 Å². The molecule has 4 rings (SSSR count). The number of hydrogen-bond acceptors (Lipinski definition) is 5. The maximum atomic E-state index is 13.2. The fourth-order valence-electron chi connectivity index (χ4n) is 4.19. The van der Waals surface area contributed by atoms with Crippen molar-refractivity contribution in [3.05, 3.63) is 96.1 Å². The summed E-state index contributed by atoms with van der Waals surface area (Å²) in [5.74, 6) is 0.629. The summed E-state index contributed by atoms with van der Waals surface area (Å²) in [6, 6.07) is 27.5. The summed E-state index contributed by atoms with van der Waals surface area (Å²) >= 11 is 0. The average molecular weight is 467 g/mol. The van der Waals surface area contributed by atoms with Crippen molar-refractivity contribution < 1.29 is 17.9 Å². The van der Waals surface area contributed by atoms with Crippen molar-refractivity contribution in [1.29, 1.82) is 0 Å². The number of ether oxygens (including phenoxy) is 2. The van der Waals surface area contributed by atoms with Crippen LogP contribution in [0.15, 0.2) is 89.8 Å². The lowest BCUT2D eigenvalue weighted by Gasteiger charge is -2.39. The van der Waals surface area contributed by atoms with E-state index in [4.69, 9.17) is 9.47 Å². The van der Waals surface area contributed by atoms with Gasteiger partial charge in [0.25, 0.3) is 0 Å². The highest BCUT2D eigenvalue weighted by molar-refractivity contribution is 7.89. The van der Waals surface area contributed by atoms with E-state index in [0.717, 1.165) is 0 Å². The third-order valence-corrected chi connectivity index (χ3v) is 7.80. The zero-order chi connectivity index (χ0) is 23.1. The van der Waals surface area contributed by atoms with E-state index < -0.39 is 10.0 Å². The highest BCUT2D eigenvalue weighted by Gasteiger charge is 2.32. The fraction of sp³-hybridized carbons (Fsp3) is 0.308. The van der Waals surface area contributed by atoms with Crippen molar-refractivity contribution in [3.63, 3.8) is 0 Å². The van der Waals surface area contributed by atoms with Gasteiger partial charge in [-0.3, -0.25) is 4.90 Å². The molecular formula is C26H30N2O4S. The third-order valence-electron chi connectivity index (χ3n) is 5.89. The van der Waals surface area contributed by atoms with E-state index in [1.165, 1.54) is 11.1 Å². The minimum Gasteiger partial charge on any atom is -0.491 e. The lowest BCUT2D eigenvalue weighted by molar-refractivity contribution is 0.146. The minimum atomic E-state index is -3.56. The predicted octanol–water partition coefficient (Wildman–Crippen LogP) is 3.81. The maximum Gasteiger partial charge on any atom is 0.243 e. The van der Waals surface area contributed by atoms with Crippen LogP contribution in [0, 0.1) is 0 Å². The van der Waals surface area contributed by atoms with Crippen LogP contribution >= 0.6 is 0 Å². The van der Waals surface area contributed by atoms with Crippen LogP contribution in [0.5, 0.6) is 5.75 Å². The van der Waals surface area contributed by atoms with Gasteiger partial charge in [0, 0.05) is 33.3 Å². The molecule has 0 atom stereocenters. The van der Waals surface area contributed by atoms with E-state index in [-0.39, 0.29) is 10.9 Å². The topological polar surface area (TPSA) is 59.1 Å². The van der Waals surface area contributed by atoms with E-state index in [0.29, 0.717) is 45.1 Å². The van der Waals surface area contributed by atoms with Crippen molar-refractivity contribution in [1.82, 2.24) is 9.21 Å². The second-order valence-electron chi connectivity index (χ2n) is 7.98. The number of hydrogen-bond donors (Lipinski definition) is 0.